The highest BCUT2D eigenvalue weighted by atomic mass is 35.5. The number of carbonyl (C=O) groups excluding carboxylic acids is 1. The van der Waals surface area contributed by atoms with Crippen molar-refractivity contribution in [3.05, 3.63) is 116 Å². The van der Waals surface area contributed by atoms with Gasteiger partial charge < -0.3 is 14.7 Å². The van der Waals surface area contributed by atoms with Crippen LogP contribution in [0.15, 0.2) is 78.2 Å². The maximum atomic E-state index is 13.7. The molecule has 5 nitrogen and oxygen atoms in total. The van der Waals surface area contributed by atoms with Gasteiger partial charge in [0.15, 0.2) is 0 Å². The highest BCUT2D eigenvalue weighted by Crippen LogP contribution is 2.30. The summed E-state index contributed by atoms with van der Waals surface area (Å²) < 4.78 is 6.08. The van der Waals surface area contributed by atoms with Crippen LogP contribution in [0.4, 0.5) is 0 Å². The van der Waals surface area contributed by atoms with Gasteiger partial charge in [-0.2, -0.15) is 0 Å². The maximum absolute atomic E-state index is 13.7. The molecule has 180 valence electrons. The molecule has 0 aliphatic rings. The SMILES string of the molecule is C[C@H](c1ccccc1)N(Cc1cc(Cl)ccc1OCc1nc(CO)cs1)C(=O)c1ccc(Cl)cc1. The first-order valence-electron chi connectivity index (χ1n) is 11.0. The fourth-order valence-corrected chi connectivity index (χ4v) is 4.69. The number of amides is 1. The average molecular weight is 527 g/mol. The van der Waals surface area contributed by atoms with Crippen molar-refractivity contribution in [3.63, 3.8) is 0 Å². The van der Waals surface area contributed by atoms with Gasteiger partial charge in [-0.15, -0.1) is 11.3 Å². The lowest BCUT2D eigenvalue weighted by Crippen LogP contribution is -2.33. The number of ether oxygens (including phenoxy) is 1. The van der Waals surface area contributed by atoms with Gasteiger partial charge in [0.25, 0.3) is 5.91 Å². The highest BCUT2D eigenvalue weighted by Gasteiger charge is 2.24. The Hall–Kier alpha value is -2.90. The third kappa shape index (κ3) is 6.41. The van der Waals surface area contributed by atoms with E-state index in [-0.39, 0.29) is 31.7 Å². The van der Waals surface area contributed by atoms with Crippen molar-refractivity contribution in [2.45, 2.75) is 32.7 Å². The van der Waals surface area contributed by atoms with E-state index in [1.807, 2.05) is 43.3 Å². The minimum atomic E-state index is -0.211. The molecule has 8 heteroatoms. The van der Waals surface area contributed by atoms with Gasteiger partial charge >= 0.3 is 0 Å². The van der Waals surface area contributed by atoms with E-state index in [9.17, 15) is 9.90 Å². The summed E-state index contributed by atoms with van der Waals surface area (Å²) in [6, 6.07) is 21.9. The van der Waals surface area contributed by atoms with Gasteiger partial charge in [0.2, 0.25) is 0 Å². The second-order valence-corrected chi connectivity index (χ2v) is 9.77. The molecule has 1 atom stereocenters. The second-order valence-electron chi connectivity index (χ2n) is 7.96. The van der Waals surface area contributed by atoms with E-state index in [0.29, 0.717) is 27.1 Å². The molecule has 1 amide bonds. The lowest BCUT2D eigenvalue weighted by atomic mass is 10.0. The zero-order chi connectivity index (χ0) is 24.8. The van der Waals surface area contributed by atoms with Crippen LogP contribution in [0.1, 0.15) is 45.2 Å². The molecular formula is C27H24Cl2N2O3S. The first-order chi connectivity index (χ1) is 16.9. The molecule has 1 N–H and O–H groups in total. The maximum Gasteiger partial charge on any atom is 0.254 e. The van der Waals surface area contributed by atoms with Gasteiger partial charge in [0.1, 0.15) is 17.4 Å². The van der Waals surface area contributed by atoms with Crippen LogP contribution in [0.3, 0.4) is 0 Å². The molecule has 1 heterocycles. The van der Waals surface area contributed by atoms with Crippen molar-refractivity contribution in [2.24, 2.45) is 0 Å². The van der Waals surface area contributed by atoms with Gasteiger partial charge in [-0.3, -0.25) is 4.79 Å². The van der Waals surface area contributed by atoms with Crippen molar-refractivity contribution in [1.29, 1.82) is 0 Å². The number of halogens is 2. The van der Waals surface area contributed by atoms with Gasteiger partial charge in [0.05, 0.1) is 24.9 Å². The smallest absolute Gasteiger partial charge is 0.254 e. The molecule has 0 saturated carbocycles. The number of aliphatic hydroxyl groups excluding tert-OH is 1. The van der Waals surface area contributed by atoms with Gasteiger partial charge in [-0.05, 0) is 55.0 Å². The van der Waals surface area contributed by atoms with Crippen LogP contribution < -0.4 is 4.74 Å². The summed E-state index contributed by atoms with van der Waals surface area (Å²) in [7, 11) is 0. The molecule has 35 heavy (non-hydrogen) atoms. The standard InChI is InChI=1S/C27H24Cl2N2O3S/c1-18(19-5-3-2-4-6-19)31(27(33)20-7-9-22(28)10-8-20)14-21-13-23(29)11-12-25(21)34-16-26-30-24(15-32)17-35-26/h2-13,17-18,32H,14-16H2,1H3/t18-/m1/s1. The molecule has 0 aliphatic carbocycles. The van der Waals surface area contributed by atoms with Crippen molar-refractivity contribution in [1.82, 2.24) is 9.88 Å². The van der Waals surface area contributed by atoms with E-state index in [1.54, 1.807) is 46.7 Å². The Labute approximate surface area is 218 Å². The number of thiazole rings is 1. The van der Waals surface area contributed by atoms with E-state index in [1.165, 1.54) is 11.3 Å². The summed E-state index contributed by atoms with van der Waals surface area (Å²) >= 11 is 13.8. The molecule has 0 radical (unpaired) electrons. The van der Waals surface area contributed by atoms with Crippen LogP contribution >= 0.6 is 34.5 Å². The summed E-state index contributed by atoms with van der Waals surface area (Å²) in [4.78, 5) is 19.8. The summed E-state index contributed by atoms with van der Waals surface area (Å²) in [5.74, 6) is 0.487. The Morgan fingerprint density at radius 3 is 2.46 bits per heavy atom. The Kier molecular flexibility index (Phi) is 8.42. The molecular weight excluding hydrogens is 503 g/mol. The Balaban J connectivity index is 1.64. The minimum Gasteiger partial charge on any atom is -0.486 e. The molecule has 0 fully saturated rings. The monoisotopic (exact) mass is 526 g/mol. The van der Waals surface area contributed by atoms with Crippen LogP contribution in [0.2, 0.25) is 10.0 Å². The van der Waals surface area contributed by atoms with E-state index < -0.39 is 0 Å². The molecule has 4 rings (SSSR count). The molecule has 0 saturated heterocycles. The fourth-order valence-electron chi connectivity index (χ4n) is 3.68. The topological polar surface area (TPSA) is 62.7 Å². The average Bonchev–Trinajstić information content (AvgIpc) is 3.35. The van der Waals surface area contributed by atoms with E-state index in [0.717, 1.165) is 16.1 Å². The number of aliphatic hydroxyl groups is 1. The Morgan fingerprint density at radius 2 is 1.77 bits per heavy atom. The predicted molar refractivity (Wildman–Crippen MR) is 140 cm³/mol. The summed E-state index contributed by atoms with van der Waals surface area (Å²) in [5, 5.41) is 12.9. The molecule has 4 aromatic rings. The van der Waals surface area contributed by atoms with Crippen LogP contribution in [0, 0.1) is 0 Å². The number of benzene rings is 3. The van der Waals surface area contributed by atoms with Gasteiger partial charge in [-0.25, -0.2) is 4.98 Å². The van der Waals surface area contributed by atoms with Gasteiger partial charge in [0, 0.05) is 26.6 Å². The van der Waals surface area contributed by atoms with Crippen LogP contribution in [-0.4, -0.2) is 20.9 Å². The zero-order valence-corrected chi connectivity index (χ0v) is 21.4. The number of rotatable bonds is 9. The molecule has 1 aromatic heterocycles. The Bertz CT molecular complexity index is 1280. The fraction of sp³-hybridized carbons (Fsp3) is 0.185. The van der Waals surface area contributed by atoms with Crippen molar-refractivity contribution in [3.8, 4) is 5.75 Å². The summed E-state index contributed by atoms with van der Waals surface area (Å²) in [6.45, 7) is 2.42. The van der Waals surface area contributed by atoms with Crippen LogP contribution in [0.25, 0.3) is 0 Å². The van der Waals surface area contributed by atoms with Gasteiger partial charge in [-0.1, -0.05) is 53.5 Å². The quantitative estimate of drug-likeness (QED) is 0.257. The first-order valence-corrected chi connectivity index (χ1v) is 12.6. The summed E-state index contributed by atoms with van der Waals surface area (Å²) in [5.41, 5.74) is 2.95. The van der Waals surface area contributed by atoms with E-state index in [2.05, 4.69) is 4.98 Å². The molecule has 0 spiro atoms. The molecule has 0 unspecified atom stereocenters. The lowest BCUT2D eigenvalue weighted by Gasteiger charge is -2.30. The van der Waals surface area contributed by atoms with Crippen molar-refractivity contribution >= 4 is 40.4 Å². The van der Waals surface area contributed by atoms with E-state index in [4.69, 9.17) is 27.9 Å². The third-order valence-corrected chi connectivity index (χ3v) is 6.94. The zero-order valence-electron chi connectivity index (χ0n) is 19.0. The predicted octanol–water partition coefficient (Wildman–Crippen LogP) is 6.92. The molecule has 3 aromatic carbocycles. The number of aromatic nitrogens is 1. The highest BCUT2D eigenvalue weighted by molar-refractivity contribution is 7.09. The minimum absolute atomic E-state index is 0.109. The van der Waals surface area contributed by atoms with E-state index >= 15 is 0 Å². The Morgan fingerprint density at radius 1 is 1.06 bits per heavy atom. The lowest BCUT2D eigenvalue weighted by molar-refractivity contribution is 0.0672. The van der Waals surface area contributed by atoms with Crippen molar-refractivity contribution in [2.75, 3.05) is 0 Å². The van der Waals surface area contributed by atoms with Crippen molar-refractivity contribution < 1.29 is 14.6 Å². The number of nitrogens with zero attached hydrogens (tertiary/aromatic N) is 2. The first kappa shape index (κ1) is 25.2. The molecule has 0 aliphatic heterocycles. The van der Waals surface area contributed by atoms with Crippen LogP contribution in [0.5, 0.6) is 5.75 Å². The normalized spacial score (nSPS) is 11.8. The number of hydrogen-bond acceptors (Lipinski definition) is 5. The number of carbonyl (C=O) groups is 1. The second kappa shape index (κ2) is 11.7. The summed E-state index contributed by atoms with van der Waals surface area (Å²) in [6.07, 6.45) is 0. The van der Waals surface area contributed by atoms with Crippen LogP contribution in [-0.2, 0) is 19.8 Å². The molecule has 0 bridgehead atoms. The third-order valence-electron chi connectivity index (χ3n) is 5.58. The number of hydrogen-bond donors (Lipinski definition) is 1. The largest absolute Gasteiger partial charge is 0.486 e.